The molecule has 0 bridgehead atoms. The highest BCUT2D eigenvalue weighted by molar-refractivity contribution is 5.85. The summed E-state index contributed by atoms with van der Waals surface area (Å²) in [4.78, 5) is 0. The number of nitrogen functional groups attached to an aromatic ring is 2. The number of nitrogens with two attached hydrogens (primary N) is 2. The van der Waals surface area contributed by atoms with E-state index >= 15 is 0 Å². The van der Waals surface area contributed by atoms with Gasteiger partial charge in [0.05, 0.1) is 7.11 Å². The highest BCUT2D eigenvalue weighted by Gasteiger charge is 2.03. The molecular weight excluding hydrogens is 236 g/mol. The van der Waals surface area contributed by atoms with Crippen LogP contribution in [0.25, 0.3) is 11.1 Å². The van der Waals surface area contributed by atoms with Crippen LogP contribution in [0.5, 0.6) is 5.75 Å². The van der Waals surface area contributed by atoms with Crippen LogP contribution in [0.4, 0.5) is 11.4 Å². The zero-order valence-corrected chi connectivity index (χ0v) is 10.3. The minimum atomic E-state index is 0. The second-order valence-electron chi connectivity index (χ2n) is 3.58. The van der Waals surface area contributed by atoms with Crippen LogP contribution in [0.2, 0.25) is 0 Å². The lowest BCUT2D eigenvalue weighted by atomic mass is 10.0. The number of ether oxygens (including phenoxy) is 1. The molecule has 0 saturated carbocycles. The van der Waals surface area contributed by atoms with Crippen LogP contribution in [0, 0.1) is 0 Å². The molecule has 2 aromatic rings. The molecule has 0 aliphatic heterocycles. The molecule has 2 aromatic carbocycles. The molecule has 2 rings (SSSR count). The van der Waals surface area contributed by atoms with Gasteiger partial charge in [0.1, 0.15) is 5.75 Å². The molecule has 0 aliphatic rings. The van der Waals surface area contributed by atoms with Gasteiger partial charge in [-0.15, -0.1) is 12.4 Å². The van der Waals surface area contributed by atoms with E-state index in [0.29, 0.717) is 11.4 Å². The SMILES string of the molecule is COc1cccc(-c2ccc(N)cc2N)c1.Cl. The summed E-state index contributed by atoms with van der Waals surface area (Å²) in [5, 5.41) is 0. The van der Waals surface area contributed by atoms with Gasteiger partial charge in [-0.3, -0.25) is 0 Å². The standard InChI is InChI=1S/C13H14N2O.ClH/c1-16-11-4-2-3-9(7-11)12-6-5-10(14)8-13(12)15;/h2-8H,14-15H2,1H3;1H. The molecule has 0 heterocycles. The minimum Gasteiger partial charge on any atom is -0.497 e. The van der Waals surface area contributed by atoms with Gasteiger partial charge in [-0.1, -0.05) is 18.2 Å². The fourth-order valence-corrected chi connectivity index (χ4v) is 1.63. The summed E-state index contributed by atoms with van der Waals surface area (Å²) in [6, 6.07) is 13.3. The summed E-state index contributed by atoms with van der Waals surface area (Å²) >= 11 is 0. The van der Waals surface area contributed by atoms with Gasteiger partial charge in [-0.2, -0.15) is 0 Å². The molecule has 4 heteroatoms. The molecule has 90 valence electrons. The third-order valence-electron chi connectivity index (χ3n) is 2.46. The maximum Gasteiger partial charge on any atom is 0.119 e. The Hall–Kier alpha value is -1.87. The largest absolute Gasteiger partial charge is 0.497 e. The fourth-order valence-electron chi connectivity index (χ4n) is 1.63. The minimum absolute atomic E-state index is 0. The first-order valence-corrected chi connectivity index (χ1v) is 5.00. The molecule has 0 radical (unpaired) electrons. The van der Waals surface area contributed by atoms with Gasteiger partial charge >= 0.3 is 0 Å². The molecule has 0 atom stereocenters. The summed E-state index contributed by atoms with van der Waals surface area (Å²) in [5.41, 5.74) is 14.9. The first kappa shape index (κ1) is 13.2. The van der Waals surface area contributed by atoms with Crippen molar-refractivity contribution in [1.82, 2.24) is 0 Å². The molecular formula is C13H15ClN2O. The normalized spacial score (nSPS) is 9.47. The van der Waals surface area contributed by atoms with Crippen LogP contribution >= 0.6 is 12.4 Å². The Morgan fingerprint density at radius 2 is 1.76 bits per heavy atom. The van der Waals surface area contributed by atoms with Crippen molar-refractivity contribution in [3.8, 4) is 16.9 Å². The zero-order valence-electron chi connectivity index (χ0n) is 9.51. The predicted molar refractivity (Wildman–Crippen MR) is 74.5 cm³/mol. The first-order chi connectivity index (χ1) is 7.70. The molecule has 0 unspecified atom stereocenters. The Morgan fingerprint density at radius 1 is 1.00 bits per heavy atom. The monoisotopic (exact) mass is 250 g/mol. The lowest BCUT2D eigenvalue weighted by Crippen LogP contribution is -1.93. The second-order valence-corrected chi connectivity index (χ2v) is 3.58. The smallest absolute Gasteiger partial charge is 0.119 e. The highest BCUT2D eigenvalue weighted by atomic mass is 35.5. The number of rotatable bonds is 2. The predicted octanol–water partition coefficient (Wildman–Crippen LogP) is 2.95. The van der Waals surface area contributed by atoms with E-state index in [-0.39, 0.29) is 12.4 Å². The van der Waals surface area contributed by atoms with E-state index in [2.05, 4.69) is 0 Å². The molecule has 0 aromatic heterocycles. The summed E-state index contributed by atoms with van der Waals surface area (Å²) in [6.07, 6.45) is 0. The number of halogens is 1. The second kappa shape index (κ2) is 5.46. The average Bonchev–Trinajstić information content (AvgIpc) is 2.29. The van der Waals surface area contributed by atoms with Crippen LogP contribution in [-0.4, -0.2) is 7.11 Å². The summed E-state index contributed by atoms with van der Waals surface area (Å²) < 4.78 is 5.17. The Morgan fingerprint density at radius 3 is 2.41 bits per heavy atom. The number of methoxy groups -OCH3 is 1. The van der Waals surface area contributed by atoms with Gasteiger partial charge in [-0.25, -0.2) is 0 Å². The quantitative estimate of drug-likeness (QED) is 0.806. The van der Waals surface area contributed by atoms with Crippen LogP contribution in [-0.2, 0) is 0 Å². The number of hydrogen-bond donors (Lipinski definition) is 2. The molecule has 3 nitrogen and oxygen atoms in total. The van der Waals surface area contributed by atoms with Crippen molar-refractivity contribution in [2.24, 2.45) is 0 Å². The molecule has 0 aliphatic carbocycles. The first-order valence-electron chi connectivity index (χ1n) is 5.00. The van der Waals surface area contributed by atoms with Crippen molar-refractivity contribution in [2.45, 2.75) is 0 Å². The summed E-state index contributed by atoms with van der Waals surface area (Å²) in [5.74, 6) is 0.814. The van der Waals surface area contributed by atoms with Crippen molar-refractivity contribution < 1.29 is 4.74 Å². The van der Waals surface area contributed by atoms with Gasteiger partial charge in [0.25, 0.3) is 0 Å². The number of benzene rings is 2. The van der Waals surface area contributed by atoms with E-state index < -0.39 is 0 Å². The van der Waals surface area contributed by atoms with Crippen LogP contribution in [0.3, 0.4) is 0 Å². The van der Waals surface area contributed by atoms with Gasteiger partial charge in [0, 0.05) is 16.9 Å². The zero-order chi connectivity index (χ0) is 11.5. The molecule has 0 spiro atoms. The molecule has 0 saturated heterocycles. The van der Waals surface area contributed by atoms with Gasteiger partial charge < -0.3 is 16.2 Å². The summed E-state index contributed by atoms with van der Waals surface area (Å²) in [7, 11) is 1.64. The third-order valence-corrected chi connectivity index (χ3v) is 2.46. The van der Waals surface area contributed by atoms with E-state index in [0.717, 1.165) is 16.9 Å². The van der Waals surface area contributed by atoms with Crippen molar-refractivity contribution in [1.29, 1.82) is 0 Å². The van der Waals surface area contributed by atoms with Crippen molar-refractivity contribution in [3.63, 3.8) is 0 Å². The van der Waals surface area contributed by atoms with Crippen molar-refractivity contribution in [2.75, 3.05) is 18.6 Å². The van der Waals surface area contributed by atoms with Crippen LogP contribution in [0.1, 0.15) is 0 Å². The number of hydrogen-bond acceptors (Lipinski definition) is 3. The van der Waals surface area contributed by atoms with Gasteiger partial charge in [0.2, 0.25) is 0 Å². The van der Waals surface area contributed by atoms with Crippen molar-refractivity contribution >= 4 is 23.8 Å². The van der Waals surface area contributed by atoms with E-state index in [4.69, 9.17) is 16.2 Å². The van der Waals surface area contributed by atoms with E-state index in [1.807, 2.05) is 36.4 Å². The van der Waals surface area contributed by atoms with Crippen LogP contribution in [0.15, 0.2) is 42.5 Å². The van der Waals surface area contributed by atoms with Crippen LogP contribution < -0.4 is 16.2 Å². The highest BCUT2D eigenvalue weighted by Crippen LogP contribution is 2.29. The van der Waals surface area contributed by atoms with Crippen molar-refractivity contribution in [3.05, 3.63) is 42.5 Å². The lowest BCUT2D eigenvalue weighted by Gasteiger charge is -2.08. The topological polar surface area (TPSA) is 61.3 Å². The maximum absolute atomic E-state index is 5.92. The Balaban J connectivity index is 0.00000144. The third kappa shape index (κ3) is 2.82. The van der Waals surface area contributed by atoms with Gasteiger partial charge in [0.15, 0.2) is 0 Å². The van der Waals surface area contributed by atoms with E-state index in [1.165, 1.54) is 0 Å². The maximum atomic E-state index is 5.92. The lowest BCUT2D eigenvalue weighted by molar-refractivity contribution is 0.415. The average molecular weight is 251 g/mol. The van der Waals surface area contributed by atoms with E-state index in [1.54, 1.807) is 13.2 Å². The van der Waals surface area contributed by atoms with E-state index in [9.17, 15) is 0 Å². The molecule has 17 heavy (non-hydrogen) atoms. The molecule has 0 amide bonds. The fraction of sp³-hybridized carbons (Fsp3) is 0.0769. The summed E-state index contributed by atoms with van der Waals surface area (Å²) in [6.45, 7) is 0. The Labute approximate surface area is 107 Å². The Bertz CT molecular complexity index is 515. The number of anilines is 2. The Kier molecular flexibility index (Phi) is 4.24. The molecule has 0 fully saturated rings. The molecule has 4 N–H and O–H groups in total. The van der Waals surface area contributed by atoms with Gasteiger partial charge in [-0.05, 0) is 29.8 Å².